The van der Waals surface area contributed by atoms with E-state index in [2.05, 4.69) is 48.9 Å². The number of hydrogen-bond donors (Lipinski definition) is 3. The molecule has 0 aliphatic rings. The van der Waals surface area contributed by atoms with Crippen LogP contribution in [0.5, 0.6) is 0 Å². The zero-order valence-electron chi connectivity index (χ0n) is 16.0. The van der Waals surface area contributed by atoms with Crippen LogP contribution in [0.2, 0.25) is 0 Å². The zero-order chi connectivity index (χ0) is 17.6. The topological polar surface area (TPSA) is 57.7 Å². The standard InChI is InChI=1S/C19H34N4O.HI/c1-5-20-19(21-13-10-14-24-6-2)22-15-18(16(3)4)23-17-11-8-7-9-12-17;/h7-9,11-12,16,18,23H,5-6,10,13-15H2,1-4H3,(H2,20,21,22);1H. The smallest absolute Gasteiger partial charge is 0.191 e. The molecule has 1 aromatic carbocycles. The summed E-state index contributed by atoms with van der Waals surface area (Å²) in [4.78, 5) is 4.74. The van der Waals surface area contributed by atoms with Gasteiger partial charge in [-0.3, -0.25) is 4.99 Å². The number of rotatable bonds is 11. The molecule has 1 aromatic rings. The fourth-order valence-electron chi connectivity index (χ4n) is 2.23. The van der Waals surface area contributed by atoms with Gasteiger partial charge in [-0.05, 0) is 38.3 Å². The molecule has 0 bridgehead atoms. The van der Waals surface area contributed by atoms with E-state index in [4.69, 9.17) is 9.73 Å². The van der Waals surface area contributed by atoms with Crippen molar-refractivity contribution >= 4 is 35.6 Å². The molecule has 25 heavy (non-hydrogen) atoms. The molecule has 1 unspecified atom stereocenters. The summed E-state index contributed by atoms with van der Waals surface area (Å²) in [5.41, 5.74) is 1.14. The summed E-state index contributed by atoms with van der Waals surface area (Å²) < 4.78 is 5.36. The first kappa shape index (κ1) is 24.0. The van der Waals surface area contributed by atoms with E-state index in [1.807, 2.05) is 25.1 Å². The number of benzene rings is 1. The highest BCUT2D eigenvalue weighted by Crippen LogP contribution is 2.12. The van der Waals surface area contributed by atoms with Crippen molar-refractivity contribution in [1.82, 2.24) is 10.6 Å². The van der Waals surface area contributed by atoms with E-state index in [9.17, 15) is 0 Å². The average molecular weight is 462 g/mol. The van der Waals surface area contributed by atoms with Crippen molar-refractivity contribution in [1.29, 1.82) is 0 Å². The minimum Gasteiger partial charge on any atom is -0.382 e. The van der Waals surface area contributed by atoms with Gasteiger partial charge in [0.1, 0.15) is 0 Å². The van der Waals surface area contributed by atoms with Gasteiger partial charge < -0.3 is 20.7 Å². The molecule has 0 spiro atoms. The van der Waals surface area contributed by atoms with Gasteiger partial charge in [-0.2, -0.15) is 0 Å². The SMILES string of the molecule is CCNC(=NCC(Nc1ccccc1)C(C)C)NCCCOCC.I. The molecule has 0 fully saturated rings. The molecule has 1 atom stereocenters. The van der Waals surface area contributed by atoms with Crippen LogP contribution in [0.1, 0.15) is 34.1 Å². The van der Waals surface area contributed by atoms with Crippen LogP contribution in [0, 0.1) is 5.92 Å². The van der Waals surface area contributed by atoms with Gasteiger partial charge in [-0.15, -0.1) is 24.0 Å². The van der Waals surface area contributed by atoms with Crippen molar-refractivity contribution in [3.8, 4) is 0 Å². The number of anilines is 1. The van der Waals surface area contributed by atoms with Crippen molar-refractivity contribution in [2.24, 2.45) is 10.9 Å². The van der Waals surface area contributed by atoms with Crippen LogP contribution in [-0.4, -0.2) is 44.8 Å². The highest BCUT2D eigenvalue weighted by molar-refractivity contribution is 14.0. The van der Waals surface area contributed by atoms with E-state index in [1.165, 1.54) is 0 Å². The molecule has 0 aliphatic carbocycles. The van der Waals surface area contributed by atoms with Crippen LogP contribution in [0.3, 0.4) is 0 Å². The second kappa shape index (κ2) is 15.3. The van der Waals surface area contributed by atoms with E-state index < -0.39 is 0 Å². The highest BCUT2D eigenvalue weighted by Gasteiger charge is 2.13. The molecule has 0 aliphatic heterocycles. The lowest BCUT2D eigenvalue weighted by atomic mass is 10.0. The molecule has 0 amide bonds. The van der Waals surface area contributed by atoms with Gasteiger partial charge in [-0.1, -0.05) is 32.0 Å². The van der Waals surface area contributed by atoms with Gasteiger partial charge >= 0.3 is 0 Å². The minimum absolute atomic E-state index is 0. The summed E-state index contributed by atoms with van der Waals surface area (Å²) in [5.74, 6) is 1.37. The fourth-order valence-corrected chi connectivity index (χ4v) is 2.23. The molecule has 6 heteroatoms. The van der Waals surface area contributed by atoms with Gasteiger partial charge in [0.05, 0.1) is 6.54 Å². The van der Waals surface area contributed by atoms with Gasteiger partial charge in [0, 0.05) is 38.0 Å². The maximum absolute atomic E-state index is 5.36. The Morgan fingerprint density at radius 2 is 1.84 bits per heavy atom. The Morgan fingerprint density at radius 1 is 1.12 bits per heavy atom. The van der Waals surface area contributed by atoms with Crippen LogP contribution in [-0.2, 0) is 4.74 Å². The number of para-hydroxylation sites is 1. The zero-order valence-corrected chi connectivity index (χ0v) is 18.4. The molecule has 5 nitrogen and oxygen atoms in total. The van der Waals surface area contributed by atoms with Crippen molar-refractivity contribution in [3.05, 3.63) is 30.3 Å². The van der Waals surface area contributed by atoms with Crippen LogP contribution < -0.4 is 16.0 Å². The number of halogens is 1. The molecule has 3 N–H and O–H groups in total. The quantitative estimate of drug-likeness (QED) is 0.203. The Labute approximate surface area is 170 Å². The molecular formula is C19H35IN4O. The van der Waals surface area contributed by atoms with Crippen molar-refractivity contribution in [2.75, 3.05) is 38.2 Å². The first-order valence-electron chi connectivity index (χ1n) is 9.08. The van der Waals surface area contributed by atoms with Crippen LogP contribution in [0.25, 0.3) is 0 Å². The van der Waals surface area contributed by atoms with Crippen LogP contribution >= 0.6 is 24.0 Å². The third-order valence-corrected chi connectivity index (χ3v) is 3.68. The first-order chi connectivity index (χ1) is 11.7. The molecule has 144 valence electrons. The molecule has 0 radical (unpaired) electrons. The lowest BCUT2D eigenvalue weighted by Gasteiger charge is -2.22. The summed E-state index contributed by atoms with van der Waals surface area (Å²) in [5, 5.41) is 10.2. The summed E-state index contributed by atoms with van der Waals surface area (Å²) in [6.07, 6.45) is 0.980. The van der Waals surface area contributed by atoms with Crippen molar-refractivity contribution < 1.29 is 4.74 Å². The summed E-state index contributed by atoms with van der Waals surface area (Å²) >= 11 is 0. The normalized spacial score (nSPS) is 12.4. The summed E-state index contributed by atoms with van der Waals surface area (Å²) in [6, 6.07) is 10.6. The molecule has 0 saturated heterocycles. The molecule has 0 aromatic heterocycles. The third kappa shape index (κ3) is 11.3. The van der Waals surface area contributed by atoms with E-state index >= 15 is 0 Å². The summed E-state index contributed by atoms with van der Waals surface area (Å²) in [6.45, 7) is 12.6. The third-order valence-electron chi connectivity index (χ3n) is 3.68. The van der Waals surface area contributed by atoms with Gasteiger partial charge in [0.15, 0.2) is 5.96 Å². The van der Waals surface area contributed by atoms with E-state index in [-0.39, 0.29) is 24.0 Å². The van der Waals surface area contributed by atoms with Gasteiger partial charge in [-0.25, -0.2) is 0 Å². The fraction of sp³-hybridized carbons (Fsp3) is 0.632. The monoisotopic (exact) mass is 462 g/mol. The minimum atomic E-state index is 0. The van der Waals surface area contributed by atoms with Crippen molar-refractivity contribution in [2.45, 2.75) is 40.2 Å². The second-order valence-corrected chi connectivity index (χ2v) is 6.06. The lowest BCUT2D eigenvalue weighted by molar-refractivity contribution is 0.145. The highest BCUT2D eigenvalue weighted by atomic mass is 127. The number of nitrogens with one attached hydrogen (secondary N) is 3. The van der Waals surface area contributed by atoms with Crippen LogP contribution in [0.15, 0.2) is 35.3 Å². The lowest BCUT2D eigenvalue weighted by Crippen LogP contribution is -2.39. The molecule has 1 rings (SSSR count). The Hall–Kier alpha value is -1.02. The Kier molecular flexibility index (Phi) is 14.6. The molecule has 0 saturated carbocycles. The Morgan fingerprint density at radius 3 is 2.44 bits per heavy atom. The Bertz CT molecular complexity index is 454. The number of ether oxygens (including phenoxy) is 1. The molecule has 0 heterocycles. The molecular weight excluding hydrogens is 427 g/mol. The number of aliphatic imine (C=N–C) groups is 1. The first-order valence-corrected chi connectivity index (χ1v) is 9.08. The number of guanidine groups is 1. The van der Waals surface area contributed by atoms with E-state index in [1.54, 1.807) is 0 Å². The Balaban J connectivity index is 0.00000576. The predicted octanol–water partition coefficient (Wildman–Crippen LogP) is 3.72. The number of hydrogen-bond acceptors (Lipinski definition) is 3. The number of nitrogens with zero attached hydrogens (tertiary/aromatic N) is 1. The average Bonchev–Trinajstić information content (AvgIpc) is 2.58. The second-order valence-electron chi connectivity index (χ2n) is 6.06. The maximum Gasteiger partial charge on any atom is 0.191 e. The maximum atomic E-state index is 5.36. The predicted molar refractivity (Wildman–Crippen MR) is 119 cm³/mol. The van der Waals surface area contributed by atoms with E-state index in [0.29, 0.717) is 12.0 Å². The summed E-state index contributed by atoms with van der Waals surface area (Å²) in [7, 11) is 0. The van der Waals surface area contributed by atoms with Crippen molar-refractivity contribution in [3.63, 3.8) is 0 Å². The van der Waals surface area contributed by atoms with Gasteiger partial charge in [0.25, 0.3) is 0 Å². The van der Waals surface area contributed by atoms with Crippen LogP contribution in [0.4, 0.5) is 5.69 Å². The van der Waals surface area contributed by atoms with Gasteiger partial charge in [0.2, 0.25) is 0 Å². The van der Waals surface area contributed by atoms with E-state index in [0.717, 1.165) is 50.9 Å². The largest absolute Gasteiger partial charge is 0.382 e.